The van der Waals surface area contributed by atoms with Crippen molar-refractivity contribution in [2.24, 2.45) is 5.92 Å². The fraction of sp³-hybridized carbons (Fsp3) is 0.467. The molecule has 0 saturated heterocycles. The maximum atomic E-state index is 5.80. The average molecular weight is 229 g/mol. The zero-order valence-electron chi connectivity index (χ0n) is 10.3. The number of para-hydroxylation sites is 1. The van der Waals surface area contributed by atoms with Gasteiger partial charge in [-0.15, -0.1) is 12.3 Å². The number of fused-ring (bicyclic) bond motifs is 1. The number of benzene rings is 1. The van der Waals surface area contributed by atoms with Gasteiger partial charge in [-0.1, -0.05) is 25.1 Å². The highest BCUT2D eigenvalue weighted by atomic mass is 16.5. The molecule has 0 bridgehead atoms. The van der Waals surface area contributed by atoms with Crippen LogP contribution in [0, 0.1) is 18.3 Å². The van der Waals surface area contributed by atoms with Gasteiger partial charge in [-0.25, -0.2) is 0 Å². The van der Waals surface area contributed by atoms with Crippen LogP contribution in [-0.2, 0) is 6.42 Å². The lowest BCUT2D eigenvalue weighted by Gasteiger charge is -2.31. The molecule has 2 atom stereocenters. The van der Waals surface area contributed by atoms with E-state index in [1.165, 1.54) is 5.56 Å². The van der Waals surface area contributed by atoms with E-state index in [1.54, 1.807) is 0 Å². The summed E-state index contributed by atoms with van der Waals surface area (Å²) in [6.45, 7) is 3.82. The van der Waals surface area contributed by atoms with Gasteiger partial charge in [-0.05, 0) is 24.6 Å². The van der Waals surface area contributed by atoms with Crippen LogP contribution in [0.1, 0.15) is 18.9 Å². The molecule has 90 valence electrons. The summed E-state index contributed by atoms with van der Waals surface area (Å²) in [4.78, 5) is 0. The summed E-state index contributed by atoms with van der Waals surface area (Å²) >= 11 is 0. The van der Waals surface area contributed by atoms with E-state index in [0.29, 0.717) is 12.0 Å². The quantitative estimate of drug-likeness (QED) is 0.799. The van der Waals surface area contributed by atoms with Gasteiger partial charge in [0.1, 0.15) is 5.75 Å². The molecule has 2 nitrogen and oxygen atoms in total. The standard InChI is InChI=1S/C15H19NO/c1-3-7-14(16-4-2)13-10-12-8-5-6-9-15(12)17-11-13/h1,5-6,8-9,13-14,16H,4,7,10-11H2,2H3. The largest absolute Gasteiger partial charge is 0.493 e. The molecule has 0 aromatic heterocycles. The summed E-state index contributed by atoms with van der Waals surface area (Å²) in [7, 11) is 0. The van der Waals surface area contributed by atoms with Gasteiger partial charge in [0.15, 0.2) is 0 Å². The van der Waals surface area contributed by atoms with E-state index in [2.05, 4.69) is 30.3 Å². The maximum Gasteiger partial charge on any atom is 0.122 e. The highest BCUT2D eigenvalue weighted by Gasteiger charge is 2.26. The van der Waals surface area contributed by atoms with Gasteiger partial charge in [-0.2, -0.15) is 0 Å². The van der Waals surface area contributed by atoms with Crippen molar-refractivity contribution in [2.45, 2.75) is 25.8 Å². The summed E-state index contributed by atoms with van der Waals surface area (Å²) < 4.78 is 5.80. The first-order valence-electron chi connectivity index (χ1n) is 6.22. The van der Waals surface area contributed by atoms with E-state index >= 15 is 0 Å². The zero-order chi connectivity index (χ0) is 12.1. The number of nitrogens with one attached hydrogen (secondary N) is 1. The van der Waals surface area contributed by atoms with Crippen molar-refractivity contribution in [2.75, 3.05) is 13.2 Å². The first kappa shape index (κ1) is 12.0. The Kier molecular flexibility index (Phi) is 4.06. The lowest BCUT2D eigenvalue weighted by molar-refractivity contribution is 0.186. The minimum atomic E-state index is 0.360. The normalized spacial score (nSPS) is 19.9. The van der Waals surface area contributed by atoms with E-state index in [4.69, 9.17) is 11.2 Å². The van der Waals surface area contributed by atoms with Gasteiger partial charge in [0, 0.05) is 18.4 Å². The van der Waals surface area contributed by atoms with Crippen LogP contribution in [0.5, 0.6) is 5.75 Å². The van der Waals surface area contributed by atoms with Gasteiger partial charge >= 0.3 is 0 Å². The maximum absolute atomic E-state index is 5.80. The van der Waals surface area contributed by atoms with E-state index in [9.17, 15) is 0 Å². The Morgan fingerprint density at radius 1 is 1.53 bits per heavy atom. The second-order valence-corrected chi connectivity index (χ2v) is 4.46. The summed E-state index contributed by atoms with van der Waals surface area (Å²) in [5.41, 5.74) is 1.30. The Labute approximate surface area is 103 Å². The molecular formula is C15H19NO. The highest BCUT2D eigenvalue weighted by Crippen LogP contribution is 2.28. The molecule has 1 aliphatic heterocycles. The molecular weight excluding hydrogens is 210 g/mol. The topological polar surface area (TPSA) is 21.3 Å². The molecule has 1 aromatic rings. The van der Waals surface area contributed by atoms with Gasteiger partial charge < -0.3 is 10.1 Å². The van der Waals surface area contributed by atoms with Crippen molar-refractivity contribution in [3.63, 3.8) is 0 Å². The highest BCUT2D eigenvalue weighted by molar-refractivity contribution is 5.35. The van der Waals surface area contributed by atoms with Crippen molar-refractivity contribution in [1.82, 2.24) is 5.32 Å². The molecule has 1 aromatic carbocycles. The molecule has 2 rings (SSSR count). The first-order valence-corrected chi connectivity index (χ1v) is 6.22. The van der Waals surface area contributed by atoms with Crippen LogP contribution in [0.3, 0.4) is 0 Å². The molecule has 0 radical (unpaired) electrons. The van der Waals surface area contributed by atoms with E-state index in [-0.39, 0.29) is 0 Å². The van der Waals surface area contributed by atoms with Crippen LogP contribution in [0.25, 0.3) is 0 Å². The predicted octanol–water partition coefficient (Wildman–Crippen LogP) is 2.24. The predicted molar refractivity (Wildman–Crippen MR) is 70.0 cm³/mol. The fourth-order valence-electron chi connectivity index (χ4n) is 2.40. The molecule has 1 N–H and O–H groups in total. The van der Waals surface area contributed by atoms with Crippen molar-refractivity contribution >= 4 is 0 Å². The molecule has 0 aliphatic carbocycles. The number of hydrogen-bond acceptors (Lipinski definition) is 2. The molecule has 0 saturated carbocycles. The molecule has 1 heterocycles. The van der Waals surface area contributed by atoms with Crippen LogP contribution in [0.15, 0.2) is 24.3 Å². The number of ether oxygens (including phenoxy) is 1. The van der Waals surface area contributed by atoms with Crippen molar-refractivity contribution < 1.29 is 4.74 Å². The van der Waals surface area contributed by atoms with Crippen LogP contribution >= 0.6 is 0 Å². The molecule has 2 heteroatoms. The SMILES string of the molecule is C#CCC(NCC)C1COc2ccccc2C1. The monoisotopic (exact) mass is 229 g/mol. The van der Waals surface area contributed by atoms with E-state index < -0.39 is 0 Å². The molecule has 0 fully saturated rings. The minimum Gasteiger partial charge on any atom is -0.493 e. The van der Waals surface area contributed by atoms with E-state index in [0.717, 1.165) is 31.7 Å². The van der Waals surface area contributed by atoms with Gasteiger partial charge in [-0.3, -0.25) is 0 Å². The lowest BCUT2D eigenvalue weighted by atomic mass is 9.89. The number of terminal acetylenes is 1. The van der Waals surface area contributed by atoms with Crippen LogP contribution in [0.4, 0.5) is 0 Å². The number of hydrogen-bond donors (Lipinski definition) is 1. The third-order valence-corrected chi connectivity index (χ3v) is 3.28. The lowest BCUT2D eigenvalue weighted by Crippen LogP contribution is -2.41. The van der Waals surface area contributed by atoms with Crippen molar-refractivity contribution in [3.8, 4) is 18.1 Å². The first-order chi connectivity index (χ1) is 8.35. The van der Waals surface area contributed by atoms with Gasteiger partial charge in [0.2, 0.25) is 0 Å². The third-order valence-electron chi connectivity index (χ3n) is 3.28. The third kappa shape index (κ3) is 2.81. The Bertz CT molecular complexity index is 408. The summed E-state index contributed by atoms with van der Waals surface area (Å²) in [5, 5.41) is 3.46. The smallest absolute Gasteiger partial charge is 0.122 e. The fourth-order valence-corrected chi connectivity index (χ4v) is 2.40. The zero-order valence-corrected chi connectivity index (χ0v) is 10.3. The number of rotatable bonds is 4. The second kappa shape index (κ2) is 5.75. The minimum absolute atomic E-state index is 0.360. The molecule has 1 aliphatic rings. The van der Waals surface area contributed by atoms with Crippen LogP contribution in [0.2, 0.25) is 0 Å². The van der Waals surface area contributed by atoms with Crippen molar-refractivity contribution in [1.29, 1.82) is 0 Å². The Morgan fingerprint density at radius 2 is 2.35 bits per heavy atom. The Balaban J connectivity index is 2.07. The summed E-state index contributed by atoms with van der Waals surface area (Å²) in [5.74, 6) is 4.26. The Hall–Kier alpha value is -1.46. The molecule has 0 spiro atoms. The molecule has 2 unspecified atom stereocenters. The Morgan fingerprint density at radius 3 is 3.12 bits per heavy atom. The second-order valence-electron chi connectivity index (χ2n) is 4.46. The van der Waals surface area contributed by atoms with Crippen LogP contribution < -0.4 is 10.1 Å². The van der Waals surface area contributed by atoms with Gasteiger partial charge in [0.25, 0.3) is 0 Å². The van der Waals surface area contributed by atoms with Gasteiger partial charge in [0.05, 0.1) is 6.61 Å². The average Bonchev–Trinajstić information content (AvgIpc) is 2.38. The van der Waals surface area contributed by atoms with Crippen molar-refractivity contribution in [3.05, 3.63) is 29.8 Å². The summed E-state index contributed by atoms with van der Waals surface area (Å²) in [6.07, 6.45) is 7.25. The van der Waals surface area contributed by atoms with E-state index in [1.807, 2.05) is 12.1 Å². The van der Waals surface area contributed by atoms with Crippen LogP contribution in [-0.4, -0.2) is 19.2 Å². The summed E-state index contributed by atoms with van der Waals surface area (Å²) in [6, 6.07) is 8.62. The molecule has 17 heavy (non-hydrogen) atoms. The molecule has 0 amide bonds.